The van der Waals surface area contributed by atoms with Crippen LogP contribution in [0.4, 0.5) is 5.69 Å². The van der Waals surface area contributed by atoms with E-state index in [1.807, 2.05) is 12.1 Å². The van der Waals surface area contributed by atoms with Crippen LogP contribution in [0.5, 0.6) is 17.2 Å². The van der Waals surface area contributed by atoms with E-state index in [0.29, 0.717) is 34.6 Å². The van der Waals surface area contributed by atoms with Crippen LogP contribution >= 0.6 is 11.8 Å². The molecule has 0 bridgehead atoms. The average molecular weight is 444 g/mol. The molecule has 1 aliphatic heterocycles. The van der Waals surface area contributed by atoms with Gasteiger partial charge in [-0.1, -0.05) is 17.8 Å². The monoisotopic (exact) mass is 443 g/mol. The fourth-order valence-corrected chi connectivity index (χ4v) is 4.24. The third kappa shape index (κ3) is 5.29. The average Bonchev–Trinajstić information content (AvgIpc) is 2.80. The highest BCUT2D eigenvalue weighted by Gasteiger charge is 2.35. The Bertz CT molecular complexity index is 978. The Morgan fingerprint density at radius 2 is 1.81 bits per heavy atom. The number of ether oxygens (including phenoxy) is 3. The molecule has 0 unspecified atom stereocenters. The minimum Gasteiger partial charge on any atom is -0.497 e. The first-order chi connectivity index (χ1) is 15.0. The number of amides is 2. The first kappa shape index (κ1) is 22.5. The Morgan fingerprint density at radius 3 is 2.42 bits per heavy atom. The number of thioether (sulfide) groups is 1. The third-order valence-corrected chi connectivity index (χ3v) is 5.95. The number of hydrogen-bond donors (Lipinski definition) is 1. The molecule has 2 aromatic carbocycles. The van der Waals surface area contributed by atoms with Gasteiger partial charge in [-0.05, 0) is 42.0 Å². The molecule has 1 saturated heterocycles. The number of nitrogens with one attached hydrogen (secondary N) is 1. The zero-order chi connectivity index (χ0) is 22.4. The Kier molecular flexibility index (Phi) is 7.41. The molecule has 0 radical (unpaired) electrons. The summed E-state index contributed by atoms with van der Waals surface area (Å²) in [6.45, 7) is 0.293. The molecule has 2 aromatic rings. The van der Waals surface area contributed by atoms with E-state index >= 15 is 0 Å². The number of carbonyl (C=O) groups excluding carboxylic acids is 2. The lowest BCUT2D eigenvalue weighted by molar-refractivity contribution is -0.130. The highest BCUT2D eigenvalue weighted by atomic mass is 32.2. The van der Waals surface area contributed by atoms with Crippen LogP contribution < -0.4 is 19.5 Å². The van der Waals surface area contributed by atoms with Crippen LogP contribution in [-0.4, -0.2) is 55.5 Å². The largest absolute Gasteiger partial charge is 0.497 e. The van der Waals surface area contributed by atoms with E-state index in [9.17, 15) is 9.59 Å². The molecule has 0 aliphatic carbocycles. The first-order valence-corrected chi connectivity index (χ1v) is 10.5. The van der Waals surface area contributed by atoms with E-state index in [1.54, 1.807) is 63.6 Å². The molecule has 9 heteroatoms. The number of rotatable bonds is 7. The summed E-state index contributed by atoms with van der Waals surface area (Å²) in [5.41, 5.74) is 1.51. The molecule has 1 atom stereocenters. The van der Waals surface area contributed by atoms with Crippen molar-refractivity contribution in [2.75, 3.05) is 28.4 Å². The maximum absolute atomic E-state index is 13.0. The van der Waals surface area contributed by atoms with Gasteiger partial charge in [-0.15, -0.1) is 0 Å². The molecular formula is C22H25N3O5S. The molecule has 8 nitrogen and oxygen atoms in total. The summed E-state index contributed by atoms with van der Waals surface area (Å²) >= 11 is 1.27. The van der Waals surface area contributed by atoms with Gasteiger partial charge < -0.3 is 19.5 Å². The van der Waals surface area contributed by atoms with E-state index in [-0.39, 0.29) is 18.2 Å². The number of carbonyl (C=O) groups is 2. The van der Waals surface area contributed by atoms with Crippen molar-refractivity contribution in [3.05, 3.63) is 48.0 Å². The molecule has 0 spiro atoms. The smallest absolute Gasteiger partial charge is 0.233 e. The summed E-state index contributed by atoms with van der Waals surface area (Å²) in [4.78, 5) is 31.4. The second kappa shape index (κ2) is 10.2. The zero-order valence-corrected chi connectivity index (χ0v) is 18.7. The highest BCUT2D eigenvalue weighted by molar-refractivity contribution is 8.15. The van der Waals surface area contributed by atoms with Crippen molar-refractivity contribution in [3.8, 4) is 17.2 Å². The van der Waals surface area contributed by atoms with Crippen LogP contribution in [0.3, 0.4) is 0 Å². The lowest BCUT2D eigenvalue weighted by Gasteiger charge is -2.31. The Morgan fingerprint density at radius 1 is 1.10 bits per heavy atom. The second-order valence-corrected chi connectivity index (χ2v) is 7.86. The van der Waals surface area contributed by atoms with Gasteiger partial charge in [0.15, 0.2) is 16.7 Å². The van der Waals surface area contributed by atoms with Gasteiger partial charge in [-0.25, -0.2) is 4.99 Å². The van der Waals surface area contributed by atoms with Gasteiger partial charge >= 0.3 is 0 Å². The lowest BCUT2D eigenvalue weighted by atomic mass is 10.1. The van der Waals surface area contributed by atoms with Crippen molar-refractivity contribution in [3.63, 3.8) is 0 Å². The van der Waals surface area contributed by atoms with Gasteiger partial charge in [-0.3, -0.25) is 14.5 Å². The second-order valence-electron chi connectivity index (χ2n) is 6.69. The summed E-state index contributed by atoms with van der Waals surface area (Å²) in [6, 6.07) is 12.7. The minimum atomic E-state index is -0.531. The van der Waals surface area contributed by atoms with Gasteiger partial charge in [0.1, 0.15) is 5.75 Å². The van der Waals surface area contributed by atoms with E-state index < -0.39 is 5.25 Å². The number of aliphatic imine (C=N–C) groups is 1. The van der Waals surface area contributed by atoms with Crippen LogP contribution in [-0.2, 0) is 16.1 Å². The van der Waals surface area contributed by atoms with Crippen molar-refractivity contribution in [2.24, 2.45) is 4.99 Å². The van der Waals surface area contributed by atoms with Gasteiger partial charge in [0, 0.05) is 13.5 Å². The van der Waals surface area contributed by atoms with Crippen molar-refractivity contribution < 1.29 is 23.8 Å². The van der Waals surface area contributed by atoms with Crippen molar-refractivity contribution in [1.82, 2.24) is 10.2 Å². The number of methoxy groups -OCH3 is 3. The Hall–Kier alpha value is -3.20. The minimum absolute atomic E-state index is 0.0965. The normalized spacial score (nSPS) is 17.4. The van der Waals surface area contributed by atoms with E-state index in [1.165, 1.54) is 11.8 Å². The molecule has 164 valence electrons. The van der Waals surface area contributed by atoms with Gasteiger partial charge in [0.25, 0.3) is 0 Å². The Labute approximate surface area is 185 Å². The molecule has 3 rings (SSSR count). The van der Waals surface area contributed by atoms with Crippen LogP contribution in [0.15, 0.2) is 47.5 Å². The third-order valence-electron chi connectivity index (χ3n) is 4.76. The molecule has 1 N–H and O–H groups in total. The topological polar surface area (TPSA) is 89.5 Å². The predicted octanol–water partition coefficient (Wildman–Crippen LogP) is 2.98. The first-order valence-electron chi connectivity index (χ1n) is 9.61. The summed E-state index contributed by atoms with van der Waals surface area (Å²) in [7, 11) is 6.29. The van der Waals surface area contributed by atoms with Gasteiger partial charge in [0.2, 0.25) is 11.8 Å². The molecule has 1 aliphatic rings. The standard InChI is InChI=1S/C22H25N3O5S/c1-23-21(27)19-12-20(26)25(13-14-5-10-17(29-3)18(11-14)30-4)22(31-19)24-15-6-8-16(28-2)9-7-15/h5-11,19H,12-13H2,1-4H3,(H,23,27)/t19-/m0/s1. The molecule has 2 amide bonds. The molecule has 1 heterocycles. The summed E-state index contributed by atoms with van der Waals surface area (Å²) in [6.07, 6.45) is 0.0965. The fraction of sp³-hybridized carbons (Fsp3) is 0.318. The molecule has 1 fully saturated rings. The number of nitrogens with zero attached hydrogens (tertiary/aromatic N) is 2. The van der Waals surface area contributed by atoms with E-state index in [2.05, 4.69) is 10.3 Å². The van der Waals surface area contributed by atoms with E-state index in [4.69, 9.17) is 14.2 Å². The van der Waals surface area contributed by atoms with Crippen molar-refractivity contribution in [1.29, 1.82) is 0 Å². The maximum Gasteiger partial charge on any atom is 0.233 e. The summed E-state index contributed by atoms with van der Waals surface area (Å²) in [5.74, 6) is 1.52. The molecule has 0 saturated carbocycles. The molecule has 0 aromatic heterocycles. The summed E-state index contributed by atoms with van der Waals surface area (Å²) < 4.78 is 15.8. The summed E-state index contributed by atoms with van der Waals surface area (Å²) in [5, 5.41) is 2.55. The van der Waals surface area contributed by atoms with Crippen molar-refractivity contribution >= 4 is 34.4 Å². The maximum atomic E-state index is 13.0. The molecular weight excluding hydrogens is 418 g/mol. The van der Waals surface area contributed by atoms with Crippen LogP contribution in [0.2, 0.25) is 0 Å². The zero-order valence-electron chi connectivity index (χ0n) is 17.9. The predicted molar refractivity (Wildman–Crippen MR) is 120 cm³/mol. The number of benzene rings is 2. The van der Waals surface area contributed by atoms with Gasteiger partial charge in [-0.2, -0.15) is 0 Å². The number of hydrogen-bond acceptors (Lipinski definition) is 7. The fourth-order valence-electron chi connectivity index (χ4n) is 3.09. The SMILES string of the molecule is CNC(=O)[C@@H]1CC(=O)N(Cc2ccc(OC)c(OC)c2)C(=Nc2ccc(OC)cc2)S1. The van der Waals surface area contributed by atoms with Crippen LogP contribution in [0, 0.1) is 0 Å². The van der Waals surface area contributed by atoms with Crippen LogP contribution in [0.1, 0.15) is 12.0 Å². The Balaban J connectivity index is 1.93. The van der Waals surface area contributed by atoms with E-state index in [0.717, 1.165) is 5.56 Å². The number of amidine groups is 1. The van der Waals surface area contributed by atoms with Gasteiger partial charge in [0.05, 0.1) is 38.8 Å². The quantitative estimate of drug-likeness (QED) is 0.708. The highest BCUT2D eigenvalue weighted by Crippen LogP contribution is 2.33. The lowest BCUT2D eigenvalue weighted by Crippen LogP contribution is -2.45. The van der Waals surface area contributed by atoms with Crippen LogP contribution in [0.25, 0.3) is 0 Å². The molecule has 31 heavy (non-hydrogen) atoms. The van der Waals surface area contributed by atoms with Crippen molar-refractivity contribution in [2.45, 2.75) is 18.2 Å².